The van der Waals surface area contributed by atoms with Crippen LogP contribution in [0.4, 0.5) is 0 Å². The standard InChI is InChI=1S/C58H36N4O2Si/c1-3-17-37(18-4-1)65(38-19-5-2-6-20-38,57-55-45(33-35-59-57)43-25-15-31-51(53(43)63-55)61-47-27-11-7-21-39(47)40-22-8-12-28-48(40)61)58-56-46(34-36-60-58)44-26-16-32-52(54(44)64-56)62-49-29-13-9-23-41(49)42-24-10-14-30-50(42)62/h1-36H. The number of hydrogen-bond acceptors (Lipinski definition) is 4. The third-order valence-electron chi connectivity index (χ3n) is 13.6. The van der Waals surface area contributed by atoms with Crippen molar-refractivity contribution in [3.63, 3.8) is 0 Å². The first-order chi connectivity index (χ1) is 32.3. The lowest BCUT2D eigenvalue weighted by atomic mass is 10.1. The highest BCUT2D eigenvalue weighted by Crippen LogP contribution is 2.40. The van der Waals surface area contributed by atoms with Crippen molar-refractivity contribution in [2.45, 2.75) is 0 Å². The van der Waals surface area contributed by atoms with Crippen molar-refractivity contribution in [3.05, 3.63) is 219 Å². The SMILES string of the molecule is c1ccc([Si](c2ccccc2)(c2nccc3c2oc2c(-n4c5ccccc5c5ccccc54)cccc23)c2nccc3c2oc2c(-n4c5ccccc5c5ccccc54)cccc23)cc1. The molecular formula is C58H36N4O2Si. The molecule has 0 saturated carbocycles. The topological polar surface area (TPSA) is 61.9 Å². The van der Waals surface area contributed by atoms with E-state index < -0.39 is 8.07 Å². The van der Waals surface area contributed by atoms with Gasteiger partial charge in [-0.05, 0) is 58.9 Å². The Morgan fingerprint density at radius 2 is 0.615 bits per heavy atom. The van der Waals surface area contributed by atoms with Gasteiger partial charge in [-0.3, -0.25) is 9.97 Å². The quantitative estimate of drug-likeness (QED) is 0.156. The van der Waals surface area contributed by atoms with Crippen LogP contribution in [0.1, 0.15) is 0 Å². The van der Waals surface area contributed by atoms with E-state index in [-0.39, 0.29) is 0 Å². The average Bonchev–Trinajstić information content (AvgIpc) is 4.14. The van der Waals surface area contributed by atoms with Crippen molar-refractivity contribution in [3.8, 4) is 11.4 Å². The molecule has 304 valence electrons. The van der Waals surface area contributed by atoms with Gasteiger partial charge in [0, 0.05) is 55.5 Å². The van der Waals surface area contributed by atoms with Gasteiger partial charge in [-0.15, -0.1) is 0 Å². The molecule has 7 heteroatoms. The normalized spacial score (nSPS) is 12.3. The van der Waals surface area contributed by atoms with Crippen LogP contribution in [-0.4, -0.2) is 27.2 Å². The molecule has 0 spiro atoms. The van der Waals surface area contributed by atoms with Crippen molar-refractivity contribution in [2.24, 2.45) is 0 Å². The molecule has 6 heterocycles. The first-order valence-electron chi connectivity index (χ1n) is 22.0. The molecule has 14 rings (SSSR count). The van der Waals surface area contributed by atoms with Crippen LogP contribution in [0.5, 0.6) is 0 Å². The van der Waals surface area contributed by atoms with Crippen LogP contribution < -0.4 is 21.0 Å². The van der Waals surface area contributed by atoms with E-state index in [4.69, 9.17) is 18.8 Å². The number of fused-ring (bicyclic) bond motifs is 12. The summed E-state index contributed by atoms with van der Waals surface area (Å²) in [6.45, 7) is 0. The van der Waals surface area contributed by atoms with Gasteiger partial charge in [0.2, 0.25) is 8.07 Å². The predicted octanol–water partition coefficient (Wildman–Crippen LogP) is 11.8. The van der Waals surface area contributed by atoms with Crippen molar-refractivity contribution >= 4 is 117 Å². The first kappa shape index (κ1) is 36.0. The van der Waals surface area contributed by atoms with Gasteiger partial charge in [0.25, 0.3) is 0 Å². The molecule has 0 aliphatic rings. The molecule has 0 saturated heterocycles. The second kappa shape index (κ2) is 13.7. The molecule has 0 atom stereocenters. The molecule has 0 amide bonds. The molecule has 8 aromatic carbocycles. The fourth-order valence-corrected chi connectivity index (χ4v) is 15.5. The zero-order valence-corrected chi connectivity index (χ0v) is 35.9. The Morgan fingerprint density at radius 1 is 0.292 bits per heavy atom. The lowest BCUT2D eigenvalue weighted by molar-refractivity contribution is 0.666. The van der Waals surface area contributed by atoms with E-state index in [1.165, 1.54) is 21.5 Å². The van der Waals surface area contributed by atoms with Gasteiger partial charge < -0.3 is 18.0 Å². The number of pyridine rings is 2. The maximum atomic E-state index is 7.42. The molecule has 0 bridgehead atoms. The van der Waals surface area contributed by atoms with Gasteiger partial charge in [-0.1, -0.05) is 158 Å². The Labute approximate surface area is 372 Å². The van der Waals surface area contributed by atoms with E-state index >= 15 is 0 Å². The molecule has 65 heavy (non-hydrogen) atoms. The summed E-state index contributed by atoms with van der Waals surface area (Å²) in [6, 6.07) is 73.2. The summed E-state index contributed by atoms with van der Waals surface area (Å²) >= 11 is 0. The van der Waals surface area contributed by atoms with Crippen LogP contribution >= 0.6 is 0 Å². The Balaban J connectivity index is 1.10. The summed E-state index contributed by atoms with van der Waals surface area (Å²) in [7, 11) is -3.52. The van der Waals surface area contributed by atoms with Crippen molar-refractivity contribution in [1.82, 2.24) is 19.1 Å². The van der Waals surface area contributed by atoms with Crippen molar-refractivity contribution in [1.29, 1.82) is 0 Å². The maximum absolute atomic E-state index is 7.42. The minimum Gasteiger partial charge on any atom is -0.452 e. The summed E-state index contributed by atoms with van der Waals surface area (Å²) in [6.07, 6.45) is 3.90. The number of hydrogen-bond donors (Lipinski definition) is 0. The van der Waals surface area contributed by atoms with Crippen molar-refractivity contribution < 1.29 is 8.83 Å². The number of nitrogens with zero attached hydrogens (tertiary/aromatic N) is 4. The van der Waals surface area contributed by atoms with Crippen LogP contribution in [0, 0.1) is 0 Å². The van der Waals surface area contributed by atoms with Gasteiger partial charge >= 0.3 is 0 Å². The monoisotopic (exact) mass is 848 g/mol. The Morgan fingerprint density at radius 3 is 1.00 bits per heavy atom. The summed E-state index contributed by atoms with van der Waals surface area (Å²) < 4.78 is 19.5. The number of aromatic nitrogens is 4. The van der Waals surface area contributed by atoms with Gasteiger partial charge in [0.15, 0.2) is 22.3 Å². The van der Waals surface area contributed by atoms with Crippen LogP contribution in [0.25, 0.3) is 98.9 Å². The summed E-state index contributed by atoms with van der Waals surface area (Å²) in [4.78, 5) is 10.9. The van der Waals surface area contributed by atoms with Gasteiger partial charge in [0.05, 0.1) is 44.1 Å². The van der Waals surface area contributed by atoms with E-state index in [2.05, 4.69) is 215 Å². The van der Waals surface area contributed by atoms with Crippen LogP contribution in [0.15, 0.2) is 227 Å². The first-order valence-corrected chi connectivity index (χ1v) is 24.0. The number of para-hydroxylation sites is 6. The number of benzene rings is 8. The Kier molecular flexibility index (Phi) is 7.61. The molecule has 0 N–H and O–H groups in total. The third-order valence-corrected chi connectivity index (χ3v) is 18.1. The minimum atomic E-state index is -3.52. The largest absolute Gasteiger partial charge is 0.452 e. The van der Waals surface area contributed by atoms with Crippen LogP contribution in [0.2, 0.25) is 0 Å². The van der Waals surface area contributed by atoms with Gasteiger partial charge in [-0.2, -0.15) is 0 Å². The summed E-state index contributed by atoms with van der Waals surface area (Å²) in [5, 5.41) is 12.8. The molecule has 0 aliphatic heterocycles. The highest BCUT2D eigenvalue weighted by atomic mass is 28.3. The van der Waals surface area contributed by atoms with Gasteiger partial charge in [-0.25, -0.2) is 0 Å². The van der Waals surface area contributed by atoms with E-state index in [0.717, 1.165) is 98.3 Å². The summed E-state index contributed by atoms with van der Waals surface area (Å²) in [5.74, 6) is 0. The molecular weight excluding hydrogens is 813 g/mol. The highest BCUT2D eigenvalue weighted by molar-refractivity contribution is 7.20. The molecule has 14 aromatic rings. The second-order valence-electron chi connectivity index (χ2n) is 16.8. The smallest absolute Gasteiger partial charge is 0.233 e. The summed E-state index contributed by atoms with van der Waals surface area (Å²) in [5.41, 5.74) is 9.55. The lowest BCUT2D eigenvalue weighted by Gasteiger charge is -2.31. The molecule has 6 aromatic heterocycles. The second-order valence-corrected chi connectivity index (χ2v) is 20.4. The van der Waals surface area contributed by atoms with Gasteiger partial charge in [0.1, 0.15) is 0 Å². The Bertz CT molecular complexity index is 3820. The minimum absolute atomic E-state index is 0.746. The van der Waals surface area contributed by atoms with Crippen LogP contribution in [-0.2, 0) is 0 Å². The molecule has 6 nitrogen and oxygen atoms in total. The lowest BCUT2D eigenvalue weighted by Crippen LogP contribution is -2.76. The fraction of sp³-hybridized carbons (Fsp3) is 0. The zero-order chi connectivity index (χ0) is 42.6. The Hall–Kier alpha value is -8.52. The van der Waals surface area contributed by atoms with E-state index in [1.807, 2.05) is 12.4 Å². The molecule has 0 radical (unpaired) electrons. The highest BCUT2D eigenvalue weighted by Gasteiger charge is 2.49. The zero-order valence-electron chi connectivity index (χ0n) is 34.9. The van der Waals surface area contributed by atoms with E-state index in [9.17, 15) is 0 Å². The number of furan rings is 2. The van der Waals surface area contributed by atoms with Crippen molar-refractivity contribution in [2.75, 3.05) is 0 Å². The fourth-order valence-electron chi connectivity index (χ4n) is 10.9. The number of rotatable bonds is 6. The van der Waals surface area contributed by atoms with Crippen LogP contribution in [0.3, 0.4) is 0 Å². The third kappa shape index (κ3) is 4.93. The molecule has 0 aliphatic carbocycles. The van der Waals surface area contributed by atoms with E-state index in [0.29, 0.717) is 0 Å². The maximum Gasteiger partial charge on any atom is 0.233 e. The van der Waals surface area contributed by atoms with E-state index in [1.54, 1.807) is 0 Å². The molecule has 0 fully saturated rings. The average molecular weight is 849 g/mol. The molecule has 0 unspecified atom stereocenters. The predicted molar refractivity (Wildman–Crippen MR) is 269 cm³/mol.